The van der Waals surface area contributed by atoms with E-state index in [1.807, 2.05) is 80.6 Å². The first-order chi connectivity index (χ1) is 22.2. The summed E-state index contributed by atoms with van der Waals surface area (Å²) in [6, 6.07) is 32.0. The SMILES string of the molecule is Cc1cccc(CN(C(=O)CN(c2ccccc2C)S(=O)(=O)c2ccccc2)[C@H](Cc2ccccc2)C(=O)NC2CCCCC2)c1. The van der Waals surface area contributed by atoms with Gasteiger partial charge >= 0.3 is 0 Å². The van der Waals surface area contributed by atoms with Gasteiger partial charge in [0.2, 0.25) is 11.8 Å². The highest BCUT2D eigenvalue weighted by Crippen LogP contribution is 2.28. The summed E-state index contributed by atoms with van der Waals surface area (Å²) in [5, 5.41) is 3.26. The van der Waals surface area contributed by atoms with Gasteiger partial charge in [0.15, 0.2) is 0 Å². The van der Waals surface area contributed by atoms with Gasteiger partial charge in [-0.2, -0.15) is 0 Å². The van der Waals surface area contributed by atoms with E-state index in [0.717, 1.165) is 54.4 Å². The van der Waals surface area contributed by atoms with E-state index in [0.29, 0.717) is 12.1 Å². The summed E-state index contributed by atoms with van der Waals surface area (Å²) in [4.78, 5) is 30.5. The minimum atomic E-state index is -4.13. The number of aryl methyl sites for hydroxylation is 2. The van der Waals surface area contributed by atoms with E-state index >= 15 is 0 Å². The molecule has 1 atom stereocenters. The largest absolute Gasteiger partial charge is 0.352 e. The lowest BCUT2D eigenvalue weighted by Crippen LogP contribution is -2.55. The standard InChI is InChI=1S/C38H43N3O4S/c1-29-15-14-19-32(25-29)27-40(36(26-31-17-6-3-7-18-31)38(43)39-33-20-8-4-9-21-33)37(42)28-41(35-24-13-12-16-30(35)2)46(44,45)34-22-10-5-11-23-34/h3,5-7,10-19,22-25,33,36H,4,8-9,20-21,26-28H2,1-2H3,(H,39,43)/t36-/m1/s1. The van der Waals surface area contributed by atoms with E-state index in [2.05, 4.69) is 5.32 Å². The molecular formula is C38H43N3O4S. The van der Waals surface area contributed by atoms with E-state index in [1.165, 1.54) is 16.4 Å². The molecule has 5 rings (SSSR count). The number of carbonyl (C=O) groups excluding carboxylic acids is 2. The molecule has 1 N–H and O–H groups in total. The third kappa shape index (κ3) is 8.23. The van der Waals surface area contributed by atoms with Crippen LogP contribution in [0.5, 0.6) is 0 Å². The number of nitrogens with one attached hydrogen (secondary N) is 1. The first-order valence-electron chi connectivity index (χ1n) is 16.0. The molecule has 0 spiro atoms. The Bertz CT molecular complexity index is 1720. The highest BCUT2D eigenvalue weighted by Gasteiger charge is 2.35. The highest BCUT2D eigenvalue weighted by molar-refractivity contribution is 7.92. The summed E-state index contributed by atoms with van der Waals surface area (Å²) in [5.74, 6) is -0.672. The van der Waals surface area contributed by atoms with Gasteiger partial charge < -0.3 is 10.2 Å². The Morgan fingerprint density at radius 2 is 1.41 bits per heavy atom. The van der Waals surface area contributed by atoms with Crippen LogP contribution in [-0.2, 0) is 32.6 Å². The van der Waals surface area contributed by atoms with Crippen LogP contribution in [0.4, 0.5) is 5.69 Å². The number of hydrogen-bond donors (Lipinski definition) is 1. The molecule has 0 bridgehead atoms. The molecule has 46 heavy (non-hydrogen) atoms. The molecule has 0 aliphatic heterocycles. The number of rotatable bonds is 12. The third-order valence-corrected chi connectivity index (χ3v) is 10.4. The quantitative estimate of drug-likeness (QED) is 0.190. The van der Waals surface area contributed by atoms with E-state index in [4.69, 9.17) is 0 Å². The lowest BCUT2D eigenvalue weighted by Gasteiger charge is -2.35. The number of benzene rings is 4. The lowest BCUT2D eigenvalue weighted by molar-refractivity contribution is -0.140. The van der Waals surface area contributed by atoms with Gasteiger partial charge in [-0.05, 0) is 61.6 Å². The molecule has 0 saturated heterocycles. The van der Waals surface area contributed by atoms with Crippen molar-refractivity contribution in [3.8, 4) is 0 Å². The smallest absolute Gasteiger partial charge is 0.264 e. The molecule has 2 amide bonds. The maximum absolute atomic E-state index is 14.7. The van der Waals surface area contributed by atoms with Gasteiger partial charge in [0.1, 0.15) is 12.6 Å². The van der Waals surface area contributed by atoms with Crippen LogP contribution in [0.25, 0.3) is 0 Å². The molecule has 1 aliphatic carbocycles. The van der Waals surface area contributed by atoms with E-state index < -0.39 is 28.5 Å². The van der Waals surface area contributed by atoms with Crippen LogP contribution in [0.1, 0.15) is 54.4 Å². The van der Waals surface area contributed by atoms with E-state index in [1.54, 1.807) is 35.2 Å². The highest BCUT2D eigenvalue weighted by atomic mass is 32.2. The number of anilines is 1. The van der Waals surface area contributed by atoms with Crippen LogP contribution in [0.2, 0.25) is 0 Å². The van der Waals surface area contributed by atoms with Gasteiger partial charge in [0.05, 0.1) is 10.6 Å². The molecule has 4 aromatic carbocycles. The molecule has 1 saturated carbocycles. The van der Waals surface area contributed by atoms with Gasteiger partial charge in [-0.3, -0.25) is 13.9 Å². The topological polar surface area (TPSA) is 86.8 Å². The van der Waals surface area contributed by atoms with E-state index in [9.17, 15) is 18.0 Å². The van der Waals surface area contributed by atoms with Crippen molar-refractivity contribution in [2.24, 2.45) is 0 Å². The summed E-state index contributed by atoms with van der Waals surface area (Å²) < 4.78 is 29.5. The van der Waals surface area contributed by atoms with Gasteiger partial charge in [0.25, 0.3) is 10.0 Å². The molecule has 0 unspecified atom stereocenters. The fourth-order valence-electron chi connectivity index (χ4n) is 6.18. The Balaban J connectivity index is 1.56. The molecule has 7 nitrogen and oxygen atoms in total. The molecule has 0 radical (unpaired) electrons. The van der Waals surface area contributed by atoms with Gasteiger partial charge in [0, 0.05) is 19.0 Å². The molecule has 4 aromatic rings. The Morgan fingerprint density at radius 3 is 2.09 bits per heavy atom. The minimum absolute atomic E-state index is 0.0531. The summed E-state index contributed by atoms with van der Waals surface area (Å²) in [5.41, 5.74) is 3.95. The van der Waals surface area contributed by atoms with Crippen molar-refractivity contribution in [2.45, 2.75) is 75.9 Å². The van der Waals surface area contributed by atoms with Crippen molar-refractivity contribution >= 4 is 27.5 Å². The van der Waals surface area contributed by atoms with Crippen molar-refractivity contribution in [1.82, 2.24) is 10.2 Å². The molecular weight excluding hydrogens is 595 g/mol. The summed E-state index contributed by atoms with van der Waals surface area (Å²) in [7, 11) is -4.13. The van der Waals surface area contributed by atoms with Crippen LogP contribution in [0, 0.1) is 13.8 Å². The zero-order chi connectivity index (χ0) is 32.5. The number of hydrogen-bond acceptors (Lipinski definition) is 4. The van der Waals surface area contributed by atoms with Crippen LogP contribution in [0.3, 0.4) is 0 Å². The van der Waals surface area contributed by atoms with Gasteiger partial charge in [-0.25, -0.2) is 8.42 Å². The lowest BCUT2D eigenvalue weighted by atomic mass is 9.94. The minimum Gasteiger partial charge on any atom is -0.352 e. The maximum atomic E-state index is 14.7. The second-order valence-corrected chi connectivity index (χ2v) is 14.0. The van der Waals surface area contributed by atoms with Gasteiger partial charge in [-0.1, -0.05) is 116 Å². The summed E-state index contributed by atoms with van der Waals surface area (Å²) >= 11 is 0. The predicted molar refractivity (Wildman–Crippen MR) is 183 cm³/mol. The predicted octanol–water partition coefficient (Wildman–Crippen LogP) is 6.59. The zero-order valence-electron chi connectivity index (χ0n) is 26.6. The Hall–Kier alpha value is -4.43. The second-order valence-electron chi connectivity index (χ2n) is 12.2. The normalized spacial score (nSPS) is 14.3. The van der Waals surface area contributed by atoms with Crippen LogP contribution in [0.15, 0.2) is 114 Å². The average Bonchev–Trinajstić information content (AvgIpc) is 3.07. The van der Waals surface area contributed by atoms with Gasteiger partial charge in [-0.15, -0.1) is 0 Å². The number of para-hydroxylation sites is 1. The van der Waals surface area contributed by atoms with Crippen molar-refractivity contribution in [1.29, 1.82) is 0 Å². The van der Waals surface area contributed by atoms with Crippen LogP contribution in [-0.4, -0.2) is 43.8 Å². The second kappa shape index (κ2) is 15.2. The van der Waals surface area contributed by atoms with E-state index in [-0.39, 0.29) is 23.4 Å². The Kier molecular flexibility index (Phi) is 10.9. The molecule has 1 aliphatic rings. The first-order valence-corrected chi connectivity index (χ1v) is 17.5. The molecule has 0 heterocycles. The van der Waals surface area contributed by atoms with Crippen LogP contribution >= 0.6 is 0 Å². The molecule has 240 valence electrons. The average molecular weight is 638 g/mol. The fourth-order valence-corrected chi connectivity index (χ4v) is 7.68. The first kappa shape index (κ1) is 32.9. The van der Waals surface area contributed by atoms with Crippen LogP contribution < -0.4 is 9.62 Å². The molecule has 8 heteroatoms. The van der Waals surface area contributed by atoms with Crippen molar-refractivity contribution in [3.63, 3.8) is 0 Å². The Labute approximate surface area is 273 Å². The molecule has 1 fully saturated rings. The number of carbonyl (C=O) groups is 2. The number of amides is 2. The third-order valence-electron chi connectivity index (χ3n) is 8.65. The summed E-state index contributed by atoms with van der Waals surface area (Å²) in [6.07, 6.45) is 5.39. The number of nitrogens with zero attached hydrogens (tertiary/aromatic N) is 2. The monoisotopic (exact) mass is 637 g/mol. The number of sulfonamides is 1. The van der Waals surface area contributed by atoms with Crippen molar-refractivity contribution in [2.75, 3.05) is 10.8 Å². The fraction of sp³-hybridized carbons (Fsp3) is 0.316. The van der Waals surface area contributed by atoms with Crippen molar-refractivity contribution < 1.29 is 18.0 Å². The Morgan fingerprint density at radius 1 is 0.783 bits per heavy atom. The summed E-state index contributed by atoms with van der Waals surface area (Å²) in [6.45, 7) is 3.51. The zero-order valence-corrected chi connectivity index (χ0v) is 27.5. The van der Waals surface area contributed by atoms with Crippen molar-refractivity contribution in [3.05, 3.63) is 131 Å². The molecule has 0 aromatic heterocycles. The maximum Gasteiger partial charge on any atom is 0.264 e.